The molecular formula is C29H33Cl2N3O5S. The van der Waals surface area contributed by atoms with E-state index in [2.05, 4.69) is 5.32 Å². The number of benzene rings is 3. The minimum absolute atomic E-state index is 0.0230. The number of hydrogen-bond donors (Lipinski definition) is 1. The number of carbonyl (C=O) groups excluding carboxylic acids is 2. The van der Waals surface area contributed by atoms with Crippen molar-refractivity contribution in [1.29, 1.82) is 0 Å². The molecule has 0 bridgehead atoms. The van der Waals surface area contributed by atoms with Crippen molar-refractivity contribution >= 4 is 50.7 Å². The number of nitrogens with one attached hydrogen (secondary N) is 1. The summed E-state index contributed by atoms with van der Waals surface area (Å²) in [5.74, 6) is -0.281. The van der Waals surface area contributed by atoms with E-state index in [1.165, 1.54) is 35.2 Å². The van der Waals surface area contributed by atoms with Gasteiger partial charge in [-0.1, -0.05) is 60.5 Å². The second-order valence-corrected chi connectivity index (χ2v) is 12.1. The third kappa shape index (κ3) is 7.68. The van der Waals surface area contributed by atoms with E-state index in [1.807, 2.05) is 13.8 Å². The number of anilines is 1. The highest BCUT2D eigenvalue weighted by Gasteiger charge is 2.34. The van der Waals surface area contributed by atoms with Crippen LogP contribution in [-0.2, 0) is 26.2 Å². The SMILES string of the molecule is CCC(C(=O)NC(C)C)N(Cc1ccc(OC)cc1)C(=O)CN(c1cc(Cl)ccc1Cl)S(=O)(=O)c1ccccc1. The van der Waals surface area contributed by atoms with Crippen molar-refractivity contribution in [2.24, 2.45) is 0 Å². The molecule has 0 saturated carbocycles. The van der Waals surface area contributed by atoms with Gasteiger partial charge in [0, 0.05) is 17.6 Å². The lowest BCUT2D eigenvalue weighted by molar-refractivity contribution is -0.140. The summed E-state index contributed by atoms with van der Waals surface area (Å²) in [5, 5.41) is 3.22. The lowest BCUT2D eigenvalue weighted by atomic mass is 10.1. The zero-order chi connectivity index (χ0) is 29.4. The highest BCUT2D eigenvalue weighted by Crippen LogP contribution is 2.33. The summed E-state index contributed by atoms with van der Waals surface area (Å²) < 4.78 is 33.9. The van der Waals surface area contributed by atoms with Crippen LogP contribution >= 0.6 is 23.2 Å². The molecular weight excluding hydrogens is 573 g/mol. The number of rotatable bonds is 12. The third-order valence-corrected chi connectivity index (χ3v) is 8.44. The van der Waals surface area contributed by atoms with Crippen LogP contribution < -0.4 is 14.4 Å². The Labute approximate surface area is 245 Å². The average Bonchev–Trinajstić information content (AvgIpc) is 2.93. The van der Waals surface area contributed by atoms with Gasteiger partial charge in [0.05, 0.1) is 22.7 Å². The fourth-order valence-electron chi connectivity index (χ4n) is 4.14. The quantitative estimate of drug-likeness (QED) is 0.293. The first-order valence-electron chi connectivity index (χ1n) is 12.7. The predicted molar refractivity (Wildman–Crippen MR) is 158 cm³/mol. The van der Waals surface area contributed by atoms with E-state index in [4.69, 9.17) is 27.9 Å². The van der Waals surface area contributed by atoms with Crippen molar-refractivity contribution in [3.63, 3.8) is 0 Å². The van der Waals surface area contributed by atoms with E-state index in [-0.39, 0.29) is 39.1 Å². The number of amides is 2. The van der Waals surface area contributed by atoms with Gasteiger partial charge in [-0.3, -0.25) is 13.9 Å². The van der Waals surface area contributed by atoms with Gasteiger partial charge in [0.2, 0.25) is 11.8 Å². The first kappa shape index (κ1) is 31.3. The van der Waals surface area contributed by atoms with Crippen LogP contribution in [0.15, 0.2) is 77.7 Å². The highest BCUT2D eigenvalue weighted by molar-refractivity contribution is 7.92. The molecule has 1 unspecified atom stereocenters. The van der Waals surface area contributed by atoms with Gasteiger partial charge >= 0.3 is 0 Å². The van der Waals surface area contributed by atoms with Crippen molar-refractivity contribution in [2.75, 3.05) is 18.0 Å². The van der Waals surface area contributed by atoms with Crippen LogP contribution in [0.4, 0.5) is 5.69 Å². The van der Waals surface area contributed by atoms with E-state index in [9.17, 15) is 18.0 Å². The number of sulfonamides is 1. The normalized spacial score (nSPS) is 12.1. The molecule has 0 spiro atoms. The number of hydrogen-bond acceptors (Lipinski definition) is 5. The van der Waals surface area contributed by atoms with Gasteiger partial charge in [-0.15, -0.1) is 0 Å². The summed E-state index contributed by atoms with van der Waals surface area (Å²) in [6, 6.07) is 18.2. The highest BCUT2D eigenvalue weighted by atomic mass is 35.5. The fraction of sp³-hybridized carbons (Fsp3) is 0.310. The van der Waals surface area contributed by atoms with Gasteiger partial charge in [0.25, 0.3) is 10.0 Å². The van der Waals surface area contributed by atoms with Gasteiger partial charge in [-0.05, 0) is 68.3 Å². The monoisotopic (exact) mass is 605 g/mol. The van der Waals surface area contributed by atoms with Crippen LogP contribution in [0.1, 0.15) is 32.8 Å². The molecule has 1 N–H and O–H groups in total. The Balaban J connectivity index is 2.09. The number of halogens is 2. The molecule has 0 radical (unpaired) electrons. The van der Waals surface area contributed by atoms with E-state index in [0.29, 0.717) is 12.2 Å². The first-order chi connectivity index (χ1) is 19.0. The number of methoxy groups -OCH3 is 1. The Morgan fingerprint density at radius 2 is 1.62 bits per heavy atom. The lowest BCUT2D eigenvalue weighted by Gasteiger charge is -2.33. The summed E-state index contributed by atoms with van der Waals surface area (Å²) in [7, 11) is -2.70. The summed E-state index contributed by atoms with van der Waals surface area (Å²) in [5.41, 5.74) is 0.790. The van der Waals surface area contributed by atoms with Crippen molar-refractivity contribution in [1.82, 2.24) is 10.2 Å². The van der Waals surface area contributed by atoms with Crippen LogP contribution in [-0.4, -0.2) is 50.9 Å². The number of nitrogens with zero attached hydrogens (tertiary/aromatic N) is 2. The van der Waals surface area contributed by atoms with Crippen LogP contribution in [0.2, 0.25) is 10.0 Å². The molecule has 0 aliphatic rings. The molecule has 0 heterocycles. The molecule has 0 aliphatic carbocycles. The first-order valence-corrected chi connectivity index (χ1v) is 14.9. The Bertz CT molecular complexity index is 1420. The van der Waals surface area contributed by atoms with E-state index >= 15 is 0 Å². The molecule has 3 aromatic carbocycles. The van der Waals surface area contributed by atoms with Crippen LogP contribution in [0.3, 0.4) is 0 Å². The smallest absolute Gasteiger partial charge is 0.264 e. The molecule has 8 nitrogen and oxygen atoms in total. The van der Waals surface area contributed by atoms with Gasteiger partial charge in [0.1, 0.15) is 18.3 Å². The second-order valence-electron chi connectivity index (χ2n) is 9.38. The Kier molecular flexibility index (Phi) is 10.8. The zero-order valence-corrected chi connectivity index (χ0v) is 25.1. The standard InChI is InChI=1S/C29H33Cl2N3O5S/c1-5-26(29(36)32-20(2)3)33(18-21-11-14-23(39-4)15-12-21)28(35)19-34(27-17-22(30)13-16-25(27)31)40(37,38)24-9-7-6-8-10-24/h6-17,20,26H,5,18-19H2,1-4H3,(H,32,36). The maximum Gasteiger partial charge on any atom is 0.264 e. The van der Waals surface area contributed by atoms with Crippen molar-refractivity contribution in [3.8, 4) is 5.75 Å². The minimum atomic E-state index is -4.25. The molecule has 3 aromatic rings. The third-order valence-electron chi connectivity index (χ3n) is 6.12. The Hall–Kier alpha value is -3.27. The van der Waals surface area contributed by atoms with E-state index in [0.717, 1.165) is 9.87 Å². The van der Waals surface area contributed by atoms with Gasteiger partial charge in [-0.25, -0.2) is 8.42 Å². The van der Waals surface area contributed by atoms with E-state index in [1.54, 1.807) is 56.5 Å². The predicted octanol–water partition coefficient (Wildman–Crippen LogP) is 5.53. The minimum Gasteiger partial charge on any atom is -0.497 e. The Morgan fingerprint density at radius 3 is 2.20 bits per heavy atom. The van der Waals surface area contributed by atoms with Crippen LogP contribution in [0.5, 0.6) is 5.75 Å². The van der Waals surface area contributed by atoms with E-state index < -0.39 is 28.5 Å². The average molecular weight is 607 g/mol. The molecule has 11 heteroatoms. The molecule has 40 heavy (non-hydrogen) atoms. The molecule has 214 valence electrons. The summed E-state index contributed by atoms with van der Waals surface area (Å²) >= 11 is 12.7. The molecule has 2 amide bonds. The summed E-state index contributed by atoms with van der Waals surface area (Å²) in [6.07, 6.45) is 0.309. The fourth-order valence-corrected chi connectivity index (χ4v) is 6.02. The van der Waals surface area contributed by atoms with Gasteiger partial charge in [0.15, 0.2) is 0 Å². The van der Waals surface area contributed by atoms with Crippen molar-refractivity contribution < 1.29 is 22.7 Å². The number of carbonyl (C=O) groups is 2. The molecule has 3 rings (SSSR count). The zero-order valence-electron chi connectivity index (χ0n) is 22.8. The van der Waals surface area contributed by atoms with Gasteiger partial charge in [-0.2, -0.15) is 0 Å². The molecule has 0 fully saturated rings. The van der Waals surface area contributed by atoms with Crippen molar-refractivity contribution in [2.45, 2.75) is 50.7 Å². The molecule has 0 aromatic heterocycles. The topological polar surface area (TPSA) is 96.0 Å². The number of ether oxygens (including phenoxy) is 1. The summed E-state index contributed by atoms with van der Waals surface area (Å²) in [6.45, 7) is 4.91. The largest absolute Gasteiger partial charge is 0.497 e. The van der Waals surface area contributed by atoms with Crippen LogP contribution in [0.25, 0.3) is 0 Å². The summed E-state index contributed by atoms with van der Waals surface area (Å²) in [4.78, 5) is 28.6. The molecule has 0 saturated heterocycles. The maximum atomic E-state index is 14.1. The lowest BCUT2D eigenvalue weighted by Crippen LogP contribution is -2.53. The Morgan fingerprint density at radius 1 is 0.975 bits per heavy atom. The molecule has 0 aliphatic heterocycles. The van der Waals surface area contributed by atoms with Gasteiger partial charge < -0.3 is 15.0 Å². The van der Waals surface area contributed by atoms with Crippen molar-refractivity contribution in [3.05, 3.63) is 88.4 Å². The molecule has 1 atom stereocenters. The second kappa shape index (κ2) is 13.9. The van der Waals surface area contributed by atoms with Crippen LogP contribution in [0, 0.1) is 0 Å². The maximum absolute atomic E-state index is 14.1.